The van der Waals surface area contributed by atoms with E-state index < -0.39 is 5.97 Å². The number of aliphatic carboxylic acids is 1. The SMILES string of the molecule is CC(C)CCCSC1=C(C(=O)O)C=CCN1CC1CC2CCC1C2. The zero-order valence-corrected chi connectivity index (χ0v) is 15.9. The van der Waals surface area contributed by atoms with Gasteiger partial charge in [-0.1, -0.05) is 32.8 Å². The second-order valence-electron chi connectivity index (χ2n) is 8.15. The Morgan fingerprint density at radius 2 is 2.21 bits per heavy atom. The molecule has 0 amide bonds. The highest BCUT2D eigenvalue weighted by Gasteiger charge is 2.40. The van der Waals surface area contributed by atoms with Gasteiger partial charge in [0.25, 0.3) is 0 Å². The molecule has 0 saturated heterocycles. The van der Waals surface area contributed by atoms with Crippen LogP contribution in [0.25, 0.3) is 0 Å². The standard InChI is InChI=1S/C20H31NO2S/c1-14(2)5-4-10-24-19-18(20(22)23)6-3-9-21(19)13-17-12-15-7-8-16(17)11-15/h3,6,14-17H,4-5,7-13H2,1-2H3,(H,22,23). The number of carboxylic acids is 1. The molecule has 1 heterocycles. The molecule has 0 aromatic carbocycles. The molecule has 1 aliphatic heterocycles. The molecule has 3 aliphatic rings. The Labute approximate surface area is 150 Å². The number of rotatable bonds is 8. The molecule has 0 aromatic heterocycles. The summed E-state index contributed by atoms with van der Waals surface area (Å²) in [6, 6.07) is 0. The quantitative estimate of drug-likeness (QED) is 0.641. The van der Waals surface area contributed by atoms with Gasteiger partial charge in [0.2, 0.25) is 0 Å². The Bertz CT molecular complexity index is 526. The third-order valence-corrected chi connectivity index (χ3v) is 7.11. The number of thioether (sulfide) groups is 1. The maximum Gasteiger partial charge on any atom is 0.338 e. The van der Waals surface area contributed by atoms with Crippen molar-refractivity contribution in [2.75, 3.05) is 18.8 Å². The van der Waals surface area contributed by atoms with Crippen LogP contribution in [0, 0.1) is 23.7 Å². The van der Waals surface area contributed by atoms with Crippen LogP contribution in [-0.2, 0) is 4.79 Å². The number of hydrogen-bond donors (Lipinski definition) is 1. The summed E-state index contributed by atoms with van der Waals surface area (Å²) in [7, 11) is 0. The van der Waals surface area contributed by atoms with Crippen LogP contribution in [0.4, 0.5) is 0 Å². The van der Waals surface area contributed by atoms with Crippen LogP contribution in [0.2, 0.25) is 0 Å². The number of nitrogens with zero attached hydrogens (tertiary/aromatic N) is 1. The highest BCUT2D eigenvalue weighted by atomic mass is 32.2. The first-order chi connectivity index (χ1) is 11.5. The monoisotopic (exact) mass is 349 g/mol. The Balaban J connectivity index is 1.64. The molecule has 4 heteroatoms. The number of fused-ring (bicyclic) bond motifs is 2. The summed E-state index contributed by atoms with van der Waals surface area (Å²) in [5.41, 5.74) is 0.499. The maximum absolute atomic E-state index is 11.7. The summed E-state index contributed by atoms with van der Waals surface area (Å²) < 4.78 is 0. The number of carbonyl (C=O) groups is 1. The summed E-state index contributed by atoms with van der Waals surface area (Å²) in [6.45, 7) is 6.42. The zero-order chi connectivity index (χ0) is 17.1. The first-order valence-corrected chi connectivity index (χ1v) is 10.5. The van der Waals surface area contributed by atoms with Crippen molar-refractivity contribution in [1.82, 2.24) is 4.90 Å². The van der Waals surface area contributed by atoms with E-state index >= 15 is 0 Å². The van der Waals surface area contributed by atoms with E-state index in [0.717, 1.165) is 54.0 Å². The molecular formula is C20H31NO2S. The minimum Gasteiger partial charge on any atom is -0.478 e. The van der Waals surface area contributed by atoms with E-state index in [0.29, 0.717) is 5.57 Å². The fourth-order valence-electron chi connectivity index (χ4n) is 4.66. The lowest BCUT2D eigenvalue weighted by Gasteiger charge is -2.34. The van der Waals surface area contributed by atoms with E-state index in [1.165, 1.54) is 32.1 Å². The molecule has 3 atom stereocenters. The highest BCUT2D eigenvalue weighted by molar-refractivity contribution is 8.03. The van der Waals surface area contributed by atoms with Crippen molar-refractivity contribution >= 4 is 17.7 Å². The summed E-state index contributed by atoms with van der Waals surface area (Å²) in [4.78, 5) is 14.0. The van der Waals surface area contributed by atoms with Crippen LogP contribution in [0.15, 0.2) is 22.8 Å². The van der Waals surface area contributed by atoms with Crippen LogP contribution in [0.1, 0.15) is 52.4 Å². The topological polar surface area (TPSA) is 40.5 Å². The lowest BCUT2D eigenvalue weighted by Crippen LogP contribution is -2.33. The molecule has 3 unspecified atom stereocenters. The summed E-state index contributed by atoms with van der Waals surface area (Å²) in [5, 5.41) is 10.6. The van der Waals surface area contributed by atoms with Gasteiger partial charge in [-0.2, -0.15) is 0 Å². The molecule has 2 bridgehead atoms. The second kappa shape index (κ2) is 7.99. The maximum atomic E-state index is 11.7. The molecule has 3 rings (SSSR count). The average Bonchev–Trinajstić information content (AvgIpc) is 3.14. The van der Waals surface area contributed by atoms with E-state index in [4.69, 9.17) is 0 Å². The van der Waals surface area contributed by atoms with Crippen LogP contribution in [0.3, 0.4) is 0 Å². The third kappa shape index (κ3) is 4.19. The molecule has 24 heavy (non-hydrogen) atoms. The lowest BCUT2D eigenvalue weighted by atomic mass is 9.88. The van der Waals surface area contributed by atoms with Crippen molar-refractivity contribution in [1.29, 1.82) is 0 Å². The van der Waals surface area contributed by atoms with Crippen molar-refractivity contribution in [3.05, 3.63) is 22.8 Å². The van der Waals surface area contributed by atoms with Gasteiger partial charge in [-0.15, -0.1) is 11.8 Å². The third-order valence-electron chi connectivity index (χ3n) is 5.86. The van der Waals surface area contributed by atoms with E-state index in [2.05, 4.69) is 18.7 Å². The Morgan fingerprint density at radius 1 is 1.38 bits per heavy atom. The van der Waals surface area contributed by atoms with E-state index in [-0.39, 0.29) is 0 Å². The lowest BCUT2D eigenvalue weighted by molar-refractivity contribution is -0.132. The smallest absolute Gasteiger partial charge is 0.338 e. The molecule has 3 nitrogen and oxygen atoms in total. The average molecular weight is 350 g/mol. The van der Waals surface area contributed by atoms with Gasteiger partial charge in [0.15, 0.2) is 0 Å². The van der Waals surface area contributed by atoms with Crippen LogP contribution in [-0.4, -0.2) is 34.8 Å². The predicted molar refractivity (Wildman–Crippen MR) is 101 cm³/mol. The molecule has 1 N–H and O–H groups in total. The van der Waals surface area contributed by atoms with Crippen molar-refractivity contribution in [2.45, 2.75) is 52.4 Å². The van der Waals surface area contributed by atoms with Gasteiger partial charge >= 0.3 is 5.97 Å². The van der Waals surface area contributed by atoms with Crippen molar-refractivity contribution in [3.8, 4) is 0 Å². The molecule has 2 aliphatic carbocycles. The molecule has 0 spiro atoms. The first-order valence-electron chi connectivity index (χ1n) is 9.56. The molecule has 2 saturated carbocycles. The van der Waals surface area contributed by atoms with Crippen LogP contribution >= 0.6 is 11.8 Å². The molecule has 134 valence electrons. The Morgan fingerprint density at radius 3 is 2.83 bits per heavy atom. The van der Waals surface area contributed by atoms with Crippen molar-refractivity contribution < 1.29 is 9.90 Å². The molecular weight excluding hydrogens is 318 g/mol. The van der Waals surface area contributed by atoms with Gasteiger partial charge in [-0.05, 0) is 61.2 Å². The van der Waals surface area contributed by atoms with E-state index in [1.54, 1.807) is 11.8 Å². The van der Waals surface area contributed by atoms with Gasteiger partial charge < -0.3 is 10.0 Å². The van der Waals surface area contributed by atoms with Gasteiger partial charge in [-0.3, -0.25) is 0 Å². The van der Waals surface area contributed by atoms with Gasteiger partial charge in [0.1, 0.15) is 0 Å². The summed E-state index contributed by atoms with van der Waals surface area (Å²) in [5.74, 6) is 3.57. The molecule has 2 fully saturated rings. The fourth-order valence-corrected chi connectivity index (χ4v) is 5.80. The minimum atomic E-state index is -0.782. The minimum absolute atomic E-state index is 0.499. The summed E-state index contributed by atoms with van der Waals surface area (Å²) >= 11 is 1.76. The van der Waals surface area contributed by atoms with Crippen LogP contribution in [0.5, 0.6) is 0 Å². The Hall–Kier alpha value is -0.900. The zero-order valence-electron chi connectivity index (χ0n) is 15.0. The van der Waals surface area contributed by atoms with E-state index in [9.17, 15) is 9.90 Å². The highest BCUT2D eigenvalue weighted by Crippen LogP contribution is 2.49. The van der Waals surface area contributed by atoms with Gasteiger partial charge in [0.05, 0.1) is 10.6 Å². The number of hydrogen-bond acceptors (Lipinski definition) is 3. The van der Waals surface area contributed by atoms with Crippen molar-refractivity contribution in [3.63, 3.8) is 0 Å². The van der Waals surface area contributed by atoms with Crippen molar-refractivity contribution in [2.24, 2.45) is 23.7 Å². The van der Waals surface area contributed by atoms with Gasteiger partial charge in [-0.25, -0.2) is 4.79 Å². The first kappa shape index (κ1) is 17.9. The second-order valence-corrected chi connectivity index (χ2v) is 9.23. The largest absolute Gasteiger partial charge is 0.478 e. The predicted octanol–water partition coefficient (Wildman–Crippen LogP) is 4.76. The molecule has 0 radical (unpaired) electrons. The fraction of sp³-hybridized carbons (Fsp3) is 0.750. The Kier molecular flexibility index (Phi) is 5.96. The molecule has 0 aromatic rings. The van der Waals surface area contributed by atoms with E-state index in [1.807, 2.05) is 12.2 Å². The van der Waals surface area contributed by atoms with Gasteiger partial charge in [0, 0.05) is 13.1 Å². The summed E-state index contributed by atoms with van der Waals surface area (Å²) in [6.07, 6.45) is 11.8. The van der Waals surface area contributed by atoms with Crippen LogP contribution < -0.4 is 0 Å². The normalized spacial score (nSPS) is 29.1. The number of carboxylic acid groups (broad SMARTS) is 1.